The number of ether oxygens (including phenoxy) is 4. The Morgan fingerprint density at radius 3 is 2.67 bits per heavy atom. The van der Waals surface area contributed by atoms with Crippen LogP contribution in [0.5, 0.6) is 5.75 Å². The van der Waals surface area contributed by atoms with Gasteiger partial charge in [-0.2, -0.15) is 0 Å². The van der Waals surface area contributed by atoms with Crippen LogP contribution < -0.4 is 4.74 Å². The maximum Gasteiger partial charge on any atom is 0.335 e. The Bertz CT molecular complexity index is 597. The maximum absolute atomic E-state index is 12.2. The third kappa shape index (κ3) is 7.19. The predicted molar refractivity (Wildman–Crippen MR) is 99.4 cm³/mol. The molecule has 27 heavy (non-hydrogen) atoms. The van der Waals surface area contributed by atoms with E-state index in [0.29, 0.717) is 19.8 Å². The smallest absolute Gasteiger partial charge is 0.335 e. The highest BCUT2D eigenvalue weighted by Gasteiger charge is 2.22. The van der Waals surface area contributed by atoms with E-state index in [2.05, 4.69) is 0 Å². The number of benzene rings is 1. The van der Waals surface area contributed by atoms with Crippen LogP contribution in [0.15, 0.2) is 24.3 Å². The van der Waals surface area contributed by atoms with Crippen molar-refractivity contribution in [3.63, 3.8) is 0 Å². The number of likely N-dealkylation sites (N-methyl/N-ethyl adjacent to an activating group) is 1. The first-order valence-corrected chi connectivity index (χ1v) is 9.35. The van der Waals surface area contributed by atoms with E-state index in [9.17, 15) is 9.59 Å². The van der Waals surface area contributed by atoms with Gasteiger partial charge < -0.3 is 23.8 Å². The molecule has 150 valence electrons. The first kappa shape index (κ1) is 21.2. The summed E-state index contributed by atoms with van der Waals surface area (Å²) >= 11 is 0. The molecule has 0 saturated carbocycles. The van der Waals surface area contributed by atoms with Crippen molar-refractivity contribution < 1.29 is 28.5 Å². The number of hydrogen-bond acceptors (Lipinski definition) is 6. The van der Waals surface area contributed by atoms with Crippen molar-refractivity contribution in [2.24, 2.45) is 0 Å². The largest absolute Gasteiger partial charge is 0.494 e. The Labute approximate surface area is 160 Å². The molecule has 7 nitrogen and oxygen atoms in total. The molecule has 1 aromatic rings. The molecule has 1 aliphatic rings. The highest BCUT2D eigenvalue weighted by molar-refractivity contribution is 5.81. The van der Waals surface area contributed by atoms with Crippen molar-refractivity contribution in [2.75, 3.05) is 33.5 Å². The van der Waals surface area contributed by atoms with Gasteiger partial charge in [0.2, 0.25) is 0 Å². The fourth-order valence-electron chi connectivity index (χ4n) is 2.68. The van der Waals surface area contributed by atoms with Gasteiger partial charge >= 0.3 is 5.97 Å². The molecule has 2 atom stereocenters. The Kier molecular flexibility index (Phi) is 8.54. The lowest BCUT2D eigenvalue weighted by atomic mass is 10.2. The molecule has 0 N–H and O–H groups in total. The lowest BCUT2D eigenvalue weighted by Crippen LogP contribution is -2.33. The van der Waals surface area contributed by atoms with Crippen LogP contribution in [0.2, 0.25) is 0 Å². The second kappa shape index (κ2) is 10.9. The molecule has 2 unspecified atom stereocenters. The third-order valence-corrected chi connectivity index (χ3v) is 4.31. The van der Waals surface area contributed by atoms with E-state index >= 15 is 0 Å². The molecule has 0 radical (unpaired) electrons. The highest BCUT2D eigenvalue weighted by Crippen LogP contribution is 2.14. The summed E-state index contributed by atoms with van der Waals surface area (Å²) in [6, 6.07) is 7.54. The number of nitrogens with zero attached hydrogens (tertiary/aromatic N) is 1. The summed E-state index contributed by atoms with van der Waals surface area (Å²) in [6.45, 7) is 5.37. The van der Waals surface area contributed by atoms with Crippen molar-refractivity contribution in [1.29, 1.82) is 0 Å². The van der Waals surface area contributed by atoms with Crippen LogP contribution in [0, 0.1) is 0 Å². The van der Waals surface area contributed by atoms with Crippen LogP contribution in [0.3, 0.4) is 0 Å². The minimum absolute atomic E-state index is 0.0436. The predicted octanol–water partition coefficient (Wildman–Crippen LogP) is 2.17. The van der Waals surface area contributed by atoms with E-state index in [0.717, 1.165) is 30.8 Å². The van der Waals surface area contributed by atoms with Crippen LogP contribution in [0.4, 0.5) is 0 Å². The summed E-state index contributed by atoms with van der Waals surface area (Å²) in [5.41, 5.74) is 0.967. The van der Waals surface area contributed by atoms with Gasteiger partial charge in [-0.15, -0.1) is 0 Å². The van der Waals surface area contributed by atoms with Gasteiger partial charge in [-0.05, 0) is 44.4 Å². The average Bonchev–Trinajstić information content (AvgIpc) is 3.19. The van der Waals surface area contributed by atoms with Gasteiger partial charge in [0.25, 0.3) is 5.91 Å². The zero-order chi connectivity index (χ0) is 19.6. The van der Waals surface area contributed by atoms with Crippen molar-refractivity contribution in [3.8, 4) is 5.75 Å². The third-order valence-electron chi connectivity index (χ3n) is 4.31. The lowest BCUT2D eigenvalue weighted by Gasteiger charge is -2.19. The van der Waals surface area contributed by atoms with Crippen LogP contribution in [-0.4, -0.2) is 62.5 Å². The first-order valence-electron chi connectivity index (χ1n) is 9.35. The van der Waals surface area contributed by atoms with Crippen molar-refractivity contribution in [2.45, 2.75) is 45.4 Å². The monoisotopic (exact) mass is 379 g/mol. The molecule has 2 rings (SSSR count). The van der Waals surface area contributed by atoms with Gasteiger partial charge in [-0.1, -0.05) is 12.1 Å². The summed E-state index contributed by atoms with van der Waals surface area (Å²) in [5, 5.41) is 0. The van der Waals surface area contributed by atoms with Gasteiger partial charge in [0.15, 0.2) is 12.7 Å². The Balaban J connectivity index is 1.69. The molecule has 7 heteroatoms. The molecule has 0 aromatic heterocycles. The molecule has 1 fully saturated rings. The molecular formula is C20H29NO6. The van der Waals surface area contributed by atoms with Crippen LogP contribution in [0.1, 0.15) is 32.3 Å². The van der Waals surface area contributed by atoms with Crippen molar-refractivity contribution in [3.05, 3.63) is 29.8 Å². The van der Waals surface area contributed by atoms with E-state index in [1.807, 2.05) is 31.2 Å². The van der Waals surface area contributed by atoms with Crippen LogP contribution >= 0.6 is 0 Å². The molecule has 0 spiro atoms. The Morgan fingerprint density at radius 2 is 2.04 bits per heavy atom. The van der Waals surface area contributed by atoms with Gasteiger partial charge in [0.1, 0.15) is 5.75 Å². The number of rotatable bonds is 10. The number of amides is 1. The van der Waals surface area contributed by atoms with Crippen molar-refractivity contribution >= 4 is 11.9 Å². The molecule has 0 aliphatic carbocycles. The molecule has 1 amide bonds. The zero-order valence-corrected chi connectivity index (χ0v) is 16.3. The van der Waals surface area contributed by atoms with Crippen LogP contribution in [0.25, 0.3) is 0 Å². The molecule has 0 bridgehead atoms. The maximum atomic E-state index is 12.2. The molecule has 1 aromatic carbocycles. The summed E-state index contributed by atoms with van der Waals surface area (Å²) < 4.78 is 21.4. The summed E-state index contributed by atoms with van der Waals surface area (Å²) in [7, 11) is 1.67. The van der Waals surface area contributed by atoms with E-state index in [1.165, 1.54) is 4.90 Å². The minimum atomic E-state index is -0.724. The number of carbonyl (C=O) groups is 2. The number of hydrogen-bond donors (Lipinski definition) is 0. The van der Waals surface area contributed by atoms with E-state index in [4.69, 9.17) is 18.9 Å². The SMILES string of the molecule is CCOc1ccc(CN(C)C(=O)COC(=O)C(C)OCC2CCCO2)cc1. The summed E-state index contributed by atoms with van der Waals surface area (Å²) in [6.07, 6.45) is 1.28. The summed E-state index contributed by atoms with van der Waals surface area (Å²) in [5.74, 6) is -0.0273. The van der Waals surface area contributed by atoms with Gasteiger partial charge in [0.05, 0.1) is 19.3 Å². The molecular weight excluding hydrogens is 350 g/mol. The molecule has 1 heterocycles. The topological polar surface area (TPSA) is 74.3 Å². The Morgan fingerprint density at radius 1 is 1.30 bits per heavy atom. The second-order valence-electron chi connectivity index (χ2n) is 6.55. The van der Waals surface area contributed by atoms with Gasteiger partial charge in [-0.3, -0.25) is 4.79 Å². The number of carbonyl (C=O) groups excluding carboxylic acids is 2. The van der Waals surface area contributed by atoms with E-state index in [1.54, 1.807) is 14.0 Å². The van der Waals surface area contributed by atoms with Crippen LogP contribution in [-0.2, 0) is 30.3 Å². The normalized spacial score (nSPS) is 17.4. The Hall–Kier alpha value is -2.12. The fourth-order valence-corrected chi connectivity index (χ4v) is 2.68. The lowest BCUT2D eigenvalue weighted by molar-refractivity contribution is -0.162. The highest BCUT2D eigenvalue weighted by atomic mass is 16.6. The molecule has 1 saturated heterocycles. The quantitative estimate of drug-likeness (QED) is 0.580. The summed E-state index contributed by atoms with van der Waals surface area (Å²) in [4.78, 5) is 25.6. The zero-order valence-electron chi connectivity index (χ0n) is 16.3. The number of esters is 1. The van der Waals surface area contributed by atoms with Gasteiger partial charge in [0, 0.05) is 20.2 Å². The average molecular weight is 379 g/mol. The fraction of sp³-hybridized carbons (Fsp3) is 0.600. The standard InChI is InChI=1S/C20H29NO6/c1-4-24-17-9-7-16(8-10-17)12-21(3)19(22)14-27-20(23)15(2)26-13-18-6-5-11-25-18/h7-10,15,18H,4-6,11-14H2,1-3H3. The van der Waals surface area contributed by atoms with E-state index < -0.39 is 12.1 Å². The minimum Gasteiger partial charge on any atom is -0.494 e. The second-order valence-corrected chi connectivity index (χ2v) is 6.55. The van der Waals surface area contributed by atoms with Gasteiger partial charge in [-0.25, -0.2) is 4.79 Å². The van der Waals surface area contributed by atoms with E-state index in [-0.39, 0.29) is 18.6 Å². The van der Waals surface area contributed by atoms with Crippen molar-refractivity contribution in [1.82, 2.24) is 4.90 Å². The first-order chi connectivity index (χ1) is 13.0. The molecule has 1 aliphatic heterocycles.